The Kier molecular flexibility index (Phi) is 5.88. The van der Waals surface area contributed by atoms with Gasteiger partial charge in [-0.15, -0.1) is 11.3 Å². The summed E-state index contributed by atoms with van der Waals surface area (Å²) in [6, 6.07) is 5.14. The number of hydrogen-bond acceptors (Lipinski definition) is 5. The Labute approximate surface area is 166 Å². The standard InChI is InChI=1S/C16H17Cl2N3O3S2/c1-26(23,24)21-6-2-3-10(8-21)15(22)20-16-19-14(9-25-16)12-5-4-11(17)7-13(12)18/h4-5,7,9-10H,2-3,6,8H2,1H3,(H,19,20,22)/t10-/m0/s1. The molecule has 0 aliphatic carbocycles. The zero-order chi connectivity index (χ0) is 18.9. The van der Waals surface area contributed by atoms with Gasteiger partial charge in [0.05, 0.1) is 22.9 Å². The topological polar surface area (TPSA) is 79.4 Å². The fraction of sp³-hybridized carbons (Fsp3) is 0.375. The second-order valence-corrected chi connectivity index (χ2v) is 9.80. The molecule has 1 fully saturated rings. The lowest BCUT2D eigenvalue weighted by Gasteiger charge is -2.29. The smallest absolute Gasteiger partial charge is 0.230 e. The average Bonchev–Trinajstić information content (AvgIpc) is 3.02. The van der Waals surface area contributed by atoms with Crippen LogP contribution in [0.25, 0.3) is 11.3 Å². The van der Waals surface area contributed by atoms with Crippen LogP contribution in [0.2, 0.25) is 10.0 Å². The second-order valence-electron chi connectivity index (χ2n) is 6.11. The van der Waals surface area contributed by atoms with Crippen LogP contribution in [-0.4, -0.2) is 43.0 Å². The number of sulfonamides is 1. The molecule has 3 rings (SSSR count). The third-order valence-corrected chi connectivity index (χ3v) is 6.74. The van der Waals surface area contributed by atoms with Crippen LogP contribution in [0.4, 0.5) is 5.13 Å². The Balaban J connectivity index is 1.70. The number of rotatable bonds is 4. The third-order valence-electron chi connectivity index (χ3n) is 4.17. The molecule has 1 aromatic heterocycles. The number of halogens is 2. The van der Waals surface area contributed by atoms with Gasteiger partial charge in [0.25, 0.3) is 0 Å². The molecule has 1 amide bonds. The average molecular weight is 434 g/mol. The molecule has 2 heterocycles. The summed E-state index contributed by atoms with van der Waals surface area (Å²) < 4.78 is 24.7. The molecule has 0 unspecified atom stereocenters. The summed E-state index contributed by atoms with van der Waals surface area (Å²) in [5.74, 6) is -0.605. The molecule has 0 bridgehead atoms. The van der Waals surface area contributed by atoms with E-state index in [1.165, 1.54) is 15.6 Å². The summed E-state index contributed by atoms with van der Waals surface area (Å²) in [6.45, 7) is 0.658. The van der Waals surface area contributed by atoms with E-state index in [-0.39, 0.29) is 18.4 Å². The third kappa shape index (κ3) is 4.55. The van der Waals surface area contributed by atoms with Crippen LogP contribution >= 0.6 is 34.5 Å². The van der Waals surface area contributed by atoms with Gasteiger partial charge in [0.15, 0.2) is 5.13 Å². The van der Waals surface area contributed by atoms with Gasteiger partial charge in [-0.05, 0) is 31.0 Å². The van der Waals surface area contributed by atoms with E-state index in [0.29, 0.717) is 40.3 Å². The van der Waals surface area contributed by atoms with Gasteiger partial charge < -0.3 is 5.32 Å². The van der Waals surface area contributed by atoms with Gasteiger partial charge in [0.1, 0.15) is 0 Å². The first-order valence-electron chi connectivity index (χ1n) is 7.91. The number of thiazole rings is 1. The van der Waals surface area contributed by atoms with E-state index < -0.39 is 10.0 Å². The number of nitrogens with one attached hydrogen (secondary N) is 1. The van der Waals surface area contributed by atoms with Crippen LogP contribution in [0.15, 0.2) is 23.6 Å². The molecule has 0 spiro atoms. The second kappa shape index (κ2) is 7.82. The summed E-state index contributed by atoms with van der Waals surface area (Å²) in [6.07, 6.45) is 2.48. The van der Waals surface area contributed by atoms with Crippen molar-refractivity contribution in [2.45, 2.75) is 12.8 Å². The van der Waals surface area contributed by atoms with Gasteiger partial charge >= 0.3 is 0 Å². The number of anilines is 1. The van der Waals surface area contributed by atoms with Crippen molar-refractivity contribution in [2.24, 2.45) is 5.92 Å². The summed E-state index contributed by atoms with van der Waals surface area (Å²) in [7, 11) is -3.29. The molecule has 2 aromatic rings. The monoisotopic (exact) mass is 433 g/mol. The fourth-order valence-corrected chi connectivity index (χ4v) is 4.95. The van der Waals surface area contributed by atoms with Gasteiger partial charge in [-0.1, -0.05) is 23.2 Å². The Morgan fingerprint density at radius 2 is 2.15 bits per heavy atom. The lowest BCUT2D eigenvalue weighted by molar-refractivity contribution is -0.120. The molecule has 10 heteroatoms. The van der Waals surface area contributed by atoms with E-state index in [1.54, 1.807) is 23.6 Å². The number of hydrogen-bond donors (Lipinski definition) is 1. The normalized spacial score (nSPS) is 18.7. The maximum atomic E-state index is 12.5. The molecule has 0 saturated carbocycles. The molecule has 1 aliphatic rings. The quantitative estimate of drug-likeness (QED) is 0.796. The zero-order valence-electron chi connectivity index (χ0n) is 13.9. The van der Waals surface area contributed by atoms with Crippen LogP contribution in [0.3, 0.4) is 0 Å². The van der Waals surface area contributed by atoms with Crippen molar-refractivity contribution in [1.82, 2.24) is 9.29 Å². The molecule has 26 heavy (non-hydrogen) atoms. The molecule has 140 valence electrons. The van der Waals surface area contributed by atoms with Gasteiger partial charge in [-0.3, -0.25) is 4.79 Å². The molecular formula is C16H17Cl2N3O3S2. The summed E-state index contributed by atoms with van der Waals surface area (Å²) in [4.78, 5) is 16.9. The minimum atomic E-state index is -3.29. The van der Waals surface area contributed by atoms with Crippen molar-refractivity contribution in [3.8, 4) is 11.3 Å². The predicted octanol–water partition coefficient (Wildman–Crippen LogP) is 3.73. The number of aromatic nitrogens is 1. The van der Waals surface area contributed by atoms with Gasteiger partial charge in [-0.2, -0.15) is 0 Å². The number of carbonyl (C=O) groups is 1. The van der Waals surface area contributed by atoms with Crippen LogP contribution in [0.1, 0.15) is 12.8 Å². The lowest BCUT2D eigenvalue weighted by Crippen LogP contribution is -2.43. The van der Waals surface area contributed by atoms with Crippen molar-refractivity contribution in [3.63, 3.8) is 0 Å². The number of amides is 1. The van der Waals surface area contributed by atoms with Crippen molar-refractivity contribution >= 4 is 55.6 Å². The molecule has 1 aromatic carbocycles. The molecular weight excluding hydrogens is 417 g/mol. The van der Waals surface area contributed by atoms with Gasteiger partial charge in [0, 0.05) is 29.1 Å². The first-order valence-corrected chi connectivity index (χ1v) is 11.4. The highest BCUT2D eigenvalue weighted by Gasteiger charge is 2.30. The van der Waals surface area contributed by atoms with E-state index in [9.17, 15) is 13.2 Å². The zero-order valence-corrected chi connectivity index (χ0v) is 17.1. The minimum absolute atomic E-state index is 0.200. The summed E-state index contributed by atoms with van der Waals surface area (Å²) >= 11 is 13.4. The number of carbonyl (C=O) groups excluding carboxylic acids is 1. The van der Waals surface area contributed by atoms with Gasteiger partial charge in [-0.25, -0.2) is 17.7 Å². The highest BCUT2D eigenvalue weighted by Crippen LogP contribution is 2.32. The first kappa shape index (κ1) is 19.6. The van der Waals surface area contributed by atoms with E-state index in [0.717, 1.165) is 11.8 Å². The van der Waals surface area contributed by atoms with Crippen molar-refractivity contribution in [3.05, 3.63) is 33.6 Å². The molecule has 1 saturated heterocycles. The van der Waals surface area contributed by atoms with Crippen LogP contribution in [0.5, 0.6) is 0 Å². The largest absolute Gasteiger partial charge is 0.302 e. The number of piperidine rings is 1. The molecule has 0 radical (unpaired) electrons. The highest BCUT2D eigenvalue weighted by atomic mass is 35.5. The maximum Gasteiger partial charge on any atom is 0.230 e. The maximum absolute atomic E-state index is 12.5. The predicted molar refractivity (Wildman–Crippen MR) is 105 cm³/mol. The molecule has 6 nitrogen and oxygen atoms in total. The Morgan fingerprint density at radius 3 is 2.85 bits per heavy atom. The SMILES string of the molecule is CS(=O)(=O)N1CCC[C@H](C(=O)Nc2nc(-c3ccc(Cl)cc3Cl)cs2)C1. The Morgan fingerprint density at radius 1 is 1.38 bits per heavy atom. The molecule has 1 N–H and O–H groups in total. The van der Waals surface area contributed by atoms with Crippen LogP contribution in [-0.2, 0) is 14.8 Å². The van der Waals surface area contributed by atoms with Crippen LogP contribution < -0.4 is 5.32 Å². The fourth-order valence-electron chi connectivity index (χ4n) is 2.82. The number of benzene rings is 1. The summed E-state index contributed by atoms with van der Waals surface area (Å²) in [5.41, 5.74) is 1.38. The summed E-state index contributed by atoms with van der Waals surface area (Å²) in [5, 5.41) is 6.05. The highest BCUT2D eigenvalue weighted by molar-refractivity contribution is 7.88. The van der Waals surface area contributed by atoms with E-state index in [2.05, 4.69) is 10.3 Å². The van der Waals surface area contributed by atoms with Gasteiger partial charge in [0.2, 0.25) is 15.9 Å². The lowest BCUT2D eigenvalue weighted by atomic mass is 9.99. The molecule has 1 aliphatic heterocycles. The van der Waals surface area contributed by atoms with E-state index in [4.69, 9.17) is 23.2 Å². The van der Waals surface area contributed by atoms with E-state index >= 15 is 0 Å². The van der Waals surface area contributed by atoms with E-state index in [1.807, 2.05) is 0 Å². The first-order chi connectivity index (χ1) is 12.2. The van der Waals surface area contributed by atoms with Crippen molar-refractivity contribution < 1.29 is 13.2 Å². The Bertz CT molecular complexity index is 931. The van der Waals surface area contributed by atoms with Crippen molar-refractivity contribution in [1.29, 1.82) is 0 Å². The number of nitrogens with zero attached hydrogens (tertiary/aromatic N) is 2. The van der Waals surface area contributed by atoms with Crippen LogP contribution in [0, 0.1) is 5.92 Å². The molecule has 1 atom stereocenters. The Hall–Kier alpha value is -1.19. The minimum Gasteiger partial charge on any atom is -0.302 e. The van der Waals surface area contributed by atoms with Crippen molar-refractivity contribution in [2.75, 3.05) is 24.7 Å².